The average Bonchev–Trinajstić information content (AvgIpc) is 2.91. The number of benzene rings is 1. The third-order valence-electron chi connectivity index (χ3n) is 2.56. The van der Waals surface area contributed by atoms with Crippen molar-refractivity contribution in [3.8, 4) is 0 Å². The standard InChI is InChI=1S/C13H15N3OS/c14-16-12-6-2-1-5-11(12)13(17)15-8-7-10-4-3-9-18-10/h1-6,9,16H,7-8,14H2,(H,15,17). The van der Waals surface area contributed by atoms with Gasteiger partial charge in [-0.15, -0.1) is 11.3 Å². The van der Waals surface area contributed by atoms with Gasteiger partial charge in [-0.25, -0.2) is 0 Å². The second-order valence-electron chi connectivity index (χ2n) is 3.78. The summed E-state index contributed by atoms with van der Waals surface area (Å²) in [7, 11) is 0. The van der Waals surface area contributed by atoms with E-state index in [2.05, 4.69) is 16.8 Å². The quantitative estimate of drug-likeness (QED) is 0.569. The number of rotatable bonds is 5. The molecule has 0 aliphatic rings. The SMILES string of the molecule is NNc1ccccc1C(=O)NCCc1cccs1. The van der Waals surface area contributed by atoms with Crippen LogP contribution in [0.2, 0.25) is 0 Å². The molecule has 0 atom stereocenters. The van der Waals surface area contributed by atoms with E-state index in [0.29, 0.717) is 17.8 Å². The molecule has 5 heteroatoms. The van der Waals surface area contributed by atoms with Crippen LogP contribution in [0, 0.1) is 0 Å². The van der Waals surface area contributed by atoms with Gasteiger partial charge in [0.25, 0.3) is 5.91 Å². The van der Waals surface area contributed by atoms with E-state index >= 15 is 0 Å². The number of nitrogens with two attached hydrogens (primary N) is 1. The molecule has 4 nitrogen and oxygen atoms in total. The van der Waals surface area contributed by atoms with E-state index in [1.54, 1.807) is 23.5 Å². The first-order valence-electron chi connectivity index (χ1n) is 5.67. The number of thiophene rings is 1. The number of amides is 1. The molecule has 1 aromatic heterocycles. The first-order chi connectivity index (χ1) is 8.81. The molecule has 0 unspecified atom stereocenters. The highest BCUT2D eigenvalue weighted by Gasteiger charge is 2.09. The van der Waals surface area contributed by atoms with Crippen molar-refractivity contribution in [2.24, 2.45) is 5.84 Å². The zero-order valence-corrected chi connectivity index (χ0v) is 10.7. The van der Waals surface area contributed by atoms with E-state index < -0.39 is 0 Å². The second-order valence-corrected chi connectivity index (χ2v) is 4.81. The highest BCUT2D eigenvalue weighted by Crippen LogP contribution is 2.13. The van der Waals surface area contributed by atoms with Crippen molar-refractivity contribution in [3.05, 3.63) is 52.2 Å². The Kier molecular flexibility index (Phi) is 4.33. The van der Waals surface area contributed by atoms with Crippen LogP contribution in [0.15, 0.2) is 41.8 Å². The van der Waals surface area contributed by atoms with E-state index in [9.17, 15) is 4.79 Å². The topological polar surface area (TPSA) is 67.1 Å². The summed E-state index contributed by atoms with van der Waals surface area (Å²) in [5.74, 6) is 5.25. The molecule has 94 valence electrons. The van der Waals surface area contributed by atoms with Crippen LogP contribution in [0.5, 0.6) is 0 Å². The van der Waals surface area contributed by atoms with Gasteiger partial charge in [-0.2, -0.15) is 0 Å². The Labute approximate surface area is 110 Å². The van der Waals surface area contributed by atoms with Crippen molar-refractivity contribution in [2.75, 3.05) is 12.0 Å². The van der Waals surface area contributed by atoms with Crippen molar-refractivity contribution < 1.29 is 4.79 Å². The minimum absolute atomic E-state index is 0.111. The van der Waals surface area contributed by atoms with Gasteiger partial charge in [-0.1, -0.05) is 18.2 Å². The van der Waals surface area contributed by atoms with E-state index in [1.165, 1.54) is 4.88 Å². The van der Waals surface area contributed by atoms with Gasteiger partial charge in [-0.05, 0) is 30.0 Å². The van der Waals surface area contributed by atoms with Crippen LogP contribution in [-0.4, -0.2) is 12.5 Å². The van der Waals surface area contributed by atoms with Crippen LogP contribution in [0.1, 0.15) is 15.2 Å². The van der Waals surface area contributed by atoms with Crippen molar-refractivity contribution >= 4 is 22.9 Å². The van der Waals surface area contributed by atoms with Crippen LogP contribution in [-0.2, 0) is 6.42 Å². The number of hydrogen-bond donors (Lipinski definition) is 3. The maximum absolute atomic E-state index is 11.9. The third kappa shape index (κ3) is 3.09. The van der Waals surface area contributed by atoms with Crippen LogP contribution in [0.25, 0.3) is 0 Å². The fourth-order valence-corrected chi connectivity index (χ4v) is 2.37. The number of carbonyl (C=O) groups excluding carboxylic acids is 1. The zero-order chi connectivity index (χ0) is 12.8. The smallest absolute Gasteiger partial charge is 0.253 e. The average molecular weight is 261 g/mol. The van der Waals surface area contributed by atoms with Crippen LogP contribution in [0.4, 0.5) is 5.69 Å². The van der Waals surface area contributed by atoms with E-state index in [1.807, 2.05) is 23.6 Å². The second kappa shape index (κ2) is 6.18. The maximum Gasteiger partial charge on any atom is 0.253 e. The molecule has 0 saturated carbocycles. The molecule has 0 radical (unpaired) electrons. The van der Waals surface area contributed by atoms with E-state index in [-0.39, 0.29) is 5.91 Å². The van der Waals surface area contributed by atoms with Crippen LogP contribution in [0.3, 0.4) is 0 Å². The van der Waals surface area contributed by atoms with Gasteiger partial charge in [0, 0.05) is 11.4 Å². The molecular weight excluding hydrogens is 246 g/mol. The minimum atomic E-state index is -0.111. The van der Waals surface area contributed by atoms with Crippen molar-refractivity contribution in [2.45, 2.75) is 6.42 Å². The Balaban J connectivity index is 1.91. The molecule has 1 aromatic carbocycles. The van der Waals surface area contributed by atoms with E-state index in [0.717, 1.165) is 6.42 Å². The molecule has 0 fully saturated rings. The number of para-hydroxylation sites is 1. The van der Waals surface area contributed by atoms with Crippen molar-refractivity contribution in [3.63, 3.8) is 0 Å². The number of nitrogens with one attached hydrogen (secondary N) is 2. The van der Waals surface area contributed by atoms with Crippen molar-refractivity contribution in [1.29, 1.82) is 0 Å². The van der Waals surface area contributed by atoms with Crippen LogP contribution < -0.4 is 16.6 Å². The summed E-state index contributed by atoms with van der Waals surface area (Å²) in [5, 5.41) is 4.92. The van der Waals surface area contributed by atoms with Crippen molar-refractivity contribution in [1.82, 2.24) is 5.32 Å². The molecule has 0 aliphatic carbocycles. The minimum Gasteiger partial charge on any atom is -0.352 e. The van der Waals surface area contributed by atoms with E-state index in [4.69, 9.17) is 5.84 Å². The summed E-state index contributed by atoms with van der Waals surface area (Å²) in [6.07, 6.45) is 0.849. The van der Waals surface area contributed by atoms with Gasteiger partial charge in [0.1, 0.15) is 0 Å². The Morgan fingerprint density at radius 2 is 2.06 bits per heavy atom. The first-order valence-corrected chi connectivity index (χ1v) is 6.55. The number of carbonyl (C=O) groups is 1. The molecule has 2 aromatic rings. The Morgan fingerprint density at radius 3 is 2.78 bits per heavy atom. The summed E-state index contributed by atoms with van der Waals surface area (Å²) in [5.41, 5.74) is 3.71. The largest absolute Gasteiger partial charge is 0.352 e. The maximum atomic E-state index is 11.9. The molecule has 1 amide bonds. The molecule has 1 heterocycles. The number of hydrogen-bond acceptors (Lipinski definition) is 4. The summed E-state index contributed by atoms with van der Waals surface area (Å²) >= 11 is 1.69. The van der Waals surface area contributed by atoms with Gasteiger partial charge in [0.15, 0.2) is 0 Å². The lowest BCUT2D eigenvalue weighted by Crippen LogP contribution is -2.27. The molecular formula is C13H15N3OS. The predicted octanol–water partition coefficient (Wildman–Crippen LogP) is 2.01. The molecule has 0 bridgehead atoms. The van der Waals surface area contributed by atoms with Gasteiger partial charge >= 0.3 is 0 Å². The van der Waals surface area contributed by atoms with Gasteiger partial charge in [-0.3, -0.25) is 10.6 Å². The lowest BCUT2D eigenvalue weighted by Gasteiger charge is -2.08. The Bertz CT molecular complexity index is 511. The lowest BCUT2D eigenvalue weighted by atomic mass is 10.1. The highest BCUT2D eigenvalue weighted by molar-refractivity contribution is 7.09. The first kappa shape index (κ1) is 12.6. The van der Waals surface area contributed by atoms with Gasteiger partial charge in [0.2, 0.25) is 0 Å². The van der Waals surface area contributed by atoms with Gasteiger partial charge in [0.05, 0.1) is 11.3 Å². The predicted molar refractivity (Wildman–Crippen MR) is 74.6 cm³/mol. The van der Waals surface area contributed by atoms with Crippen LogP contribution >= 0.6 is 11.3 Å². The Hall–Kier alpha value is -1.85. The number of anilines is 1. The molecule has 0 aliphatic heterocycles. The third-order valence-corrected chi connectivity index (χ3v) is 3.50. The fraction of sp³-hybridized carbons (Fsp3) is 0.154. The molecule has 0 saturated heterocycles. The zero-order valence-electron chi connectivity index (χ0n) is 9.85. The summed E-state index contributed by atoms with van der Waals surface area (Å²) in [6.45, 7) is 0.623. The normalized spacial score (nSPS) is 10.1. The summed E-state index contributed by atoms with van der Waals surface area (Å²) in [6, 6.07) is 11.2. The molecule has 2 rings (SSSR count). The number of nitrogen functional groups attached to an aromatic ring is 1. The Morgan fingerprint density at radius 1 is 1.22 bits per heavy atom. The summed E-state index contributed by atoms with van der Waals surface area (Å²) < 4.78 is 0. The fourth-order valence-electron chi connectivity index (χ4n) is 1.66. The monoisotopic (exact) mass is 261 g/mol. The van der Waals surface area contributed by atoms with Gasteiger partial charge < -0.3 is 10.7 Å². The number of hydrazine groups is 1. The molecule has 4 N–H and O–H groups in total. The molecule has 18 heavy (non-hydrogen) atoms. The lowest BCUT2D eigenvalue weighted by molar-refractivity contribution is 0.0955. The molecule has 0 spiro atoms. The summed E-state index contributed by atoms with van der Waals surface area (Å²) in [4.78, 5) is 13.2. The highest BCUT2D eigenvalue weighted by atomic mass is 32.1.